The van der Waals surface area contributed by atoms with Gasteiger partial charge in [0.1, 0.15) is 5.75 Å². The molecule has 0 bridgehead atoms. The van der Waals surface area contributed by atoms with Gasteiger partial charge >= 0.3 is 0 Å². The molecule has 0 saturated carbocycles. The third-order valence-corrected chi connectivity index (χ3v) is 2.70. The Morgan fingerprint density at radius 2 is 1.95 bits per heavy atom. The van der Waals surface area contributed by atoms with E-state index >= 15 is 0 Å². The average molecular weight is 316 g/mol. The topological polar surface area (TPSA) is 84.7 Å². The van der Waals surface area contributed by atoms with E-state index in [-0.39, 0.29) is 37.3 Å². The number of rotatable bonds is 8. The summed E-state index contributed by atoms with van der Waals surface area (Å²) >= 11 is 0. The van der Waals surface area contributed by atoms with Gasteiger partial charge in [-0.1, -0.05) is 18.2 Å². The predicted octanol–water partition coefficient (Wildman–Crippen LogP) is 0.411. The van der Waals surface area contributed by atoms with Crippen molar-refractivity contribution in [3.63, 3.8) is 0 Å². The van der Waals surface area contributed by atoms with Crippen LogP contribution in [0.25, 0.3) is 0 Å². The summed E-state index contributed by atoms with van der Waals surface area (Å²) < 4.78 is 5.53. The van der Waals surface area contributed by atoms with Crippen LogP contribution in [0.5, 0.6) is 5.75 Å². The number of amides is 2. The number of carbonyl (C=O) groups excluding carboxylic acids is 2. The van der Waals surface area contributed by atoms with Gasteiger partial charge in [-0.2, -0.15) is 0 Å². The minimum atomic E-state index is -0.334. The Kier molecular flexibility index (Phi) is 10.0. The van der Waals surface area contributed by atoms with Crippen LogP contribution < -0.4 is 15.8 Å². The number of para-hydroxylation sites is 1. The van der Waals surface area contributed by atoms with Crippen molar-refractivity contribution in [1.82, 2.24) is 10.2 Å². The molecule has 7 heteroatoms. The predicted molar refractivity (Wildman–Crippen MR) is 83.5 cm³/mol. The lowest BCUT2D eigenvalue weighted by Crippen LogP contribution is -2.40. The molecule has 3 N–H and O–H groups in total. The van der Waals surface area contributed by atoms with Gasteiger partial charge in [-0.15, -0.1) is 12.4 Å². The first kappa shape index (κ1) is 19.2. The van der Waals surface area contributed by atoms with Crippen molar-refractivity contribution in [1.29, 1.82) is 0 Å². The molecule has 0 fully saturated rings. The van der Waals surface area contributed by atoms with Crippen LogP contribution >= 0.6 is 12.4 Å². The fraction of sp³-hybridized carbons (Fsp3) is 0.429. The second kappa shape index (κ2) is 10.9. The molecule has 1 aromatic carbocycles. The number of likely N-dealkylation sites (N-methyl/N-ethyl adjacent to an activating group) is 1. The molecule has 6 nitrogen and oxygen atoms in total. The Bertz CT molecular complexity index is 429. The molecular weight excluding hydrogens is 294 g/mol. The first-order valence-corrected chi connectivity index (χ1v) is 6.52. The number of nitrogens with one attached hydrogen (secondary N) is 1. The van der Waals surface area contributed by atoms with Gasteiger partial charge in [-0.3, -0.25) is 9.59 Å². The highest BCUT2D eigenvalue weighted by atomic mass is 35.5. The van der Waals surface area contributed by atoms with Crippen LogP contribution in [0.2, 0.25) is 0 Å². The Labute approximate surface area is 131 Å². The van der Waals surface area contributed by atoms with Crippen LogP contribution in [-0.2, 0) is 9.59 Å². The molecule has 0 unspecified atom stereocenters. The van der Waals surface area contributed by atoms with E-state index in [2.05, 4.69) is 5.32 Å². The Morgan fingerprint density at radius 1 is 1.29 bits per heavy atom. The van der Waals surface area contributed by atoms with Crippen molar-refractivity contribution in [2.75, 3.05) is 33.3 Å². The summed E-state index contributed by atoms with van der Waals surface area (Å²) in [6, 6.07) is 9.51. The summed E-state index contributed by atoms with van der Waals surface area (Å²) in [6.45, 7) is 0.981. The molecule has 2 amide bonds. The highest BCUT2D eigenvalue weighted by Crippen LogP contribution is 2.08. The van der Waals surface area contributed by atoms with E-state index in [0.717, 1.165) is 12.2 Å². The van der Waals surface area contributed by atoms with Gasteiger partial charge in [-0.25, -0.2) is 0 Å². The first-order chi connectivity index (χ1) is 9.63. The molecule has 21 heavy (non-hydrogen) atoms. The average Bonchev–Trinajstić information content (AvgIpc) is 2.49. The van der Waals surface area contributed by atoms with E-state index in [1.54, 1.807) is 11.9 Å². The molecule has 0 heterocycles. The second-order valence-electron chi connectivity index (χ2n) is 4.31. The van der Waals surface area contributed by atoms with Gasteiger partial charge in [0.15, 0.2) is 0 Å². The number of halogens is 1. The van der Waals surface area contributed by atoms with Crippen molar-refractivity contribution in [3.8, 4) is 5.75 Å². The fourth-order valence-electron chi connectivity index (χ4n) is 1.51. The Balaban J connectivity index is 0.00000400. The SMILES string of the molecule is CN(CCCOc1ccccc1)C(=O)CNC(=O)CN.Cl. The summed E-state index contributed by atoms with van der Waals surface area (Å²) in [5.74, 6) is 0.336. The van der Waals surface area contributed by atoms with Gasteiger partial charge in [0.2, 0.25) is 11.8 Å². The third-order valence-electron chi connectivity index (χ3n) is 2.70. The second-order valence-corrected chi connectivity index (χ2v) is 4.31. The maximum absolute atomic E-state index is 11.7. The maximum Gasteiger partial charge on any atom is 0.241 e. The maximum atomic E-state index is 11.7. The first-order valence-electron chi connectivity index (χ1n) is 6.52. The molecule has 0 aromatic heterocycles. The smallest absolute Gasteiger partial charge is 0.241 e. The molecule has 0 saturated heterocycles. The monoisotopic (exact) mass is 315 g/mol. The highest BCUT2D eigenvalue weighted by Gasteiger charge is 2.09. The number of ether oxygens (including phenoxy) is 1. The van der Waals surface area contributed by atoms with Gasteiger partial charge in [-0.05, 0) is 18.6 Å². The standard InChI is InChI=1S/C14H21N3O3.ClH/c1-17(14(19)11-16-13(18)10-15)8-5-9-20-12-6-3-2-4-7-12;/h2-4,6-7H,5,8-11,15H2,1H3,(H,16,18);1H. The van der Waals surface area contributed by atoms with Crippen LogP contribution in [0.1, 0.15) is 6.42 Å². The number of carbonyl (C=O) groups is 2. The molecule has 1 aromatic rings. The summed E-state index contributed by atoms with van der Waals surface area (Å²) in [5, 5.41) is 2.44. The van der Waals surface area contributed by atoms with Gasteiger partial charge in [0.05, 0.1) is 19.7 Å². The zero-order valence-corrected chi connectivity index (χ0v) is 12.9. The number of hydrogen-bond donors (Lipinski definition) is 2. The third kappa shape index (κ3) is 8.16. The molecule has 0 aliphatic heterocycles. The molecule has 0 atom stereocenters. The lowest BCUT2D eigenvalue weighted by molar-refractivity contribution is -0.131. The van der Waals surface area contributed by atoms with Gasteiger partial charge < -0.3 is 20.7 Å². The fourth-order valence-corrected chi connectivity index (χ4v) is 1.51. The zero-order valence-electron chi connectivity index (χ0n) is 12.1. The van der Waals surface area contributed by atoms with Crippen molar-refractivity contribution < 1.29 is 14.3 Å². The van der Waals surface area contributed by atoms with E-state index in [0.29, 0.717) is 13.2 Å². The van der Waals surface area contributed by atoms with E-state index in [9.17, 15) is 9.59 Å². The number of benzene rings is 1. The summed E-state index contributed by atoms with van der Waals surface area (Å²) in [4.78, 5) is 24.1. The number of hydrogen-bond acceptors (Lipinski definition) is 4. The highest BCUT2D eigenvalue weighted by molar-refractivity contribution is 5.85. The quantitative estimate of drug-likeness (QED) is 0.681. The Morgan fingerprint density at radius 3 is 2.57 bits per heavy atom. The normalized spacial score (nSPS) is 9.43. The molecule has 0 spiro atoms. The van der Waals surface area contributed by atoms with E-state index in [1.807, 2.05) is 30.3 Å². The van der Waals surface area contributed by atoms with Crippen LogP contribution in [0.3, 0.4) is 0 Å². The minimum Gasteiger partial charge on any atom is -0.494 e. The van der Waals surface area contributed by atoms with Gasteiger partial charge in [0, 0.05) is 13.6 Å². The van der Waals surface area contributed by atoms with Gasteiger partial charge in [0.25, 0.3) is 0 Å². The lowest BCUT2D eigenvalue weighted by atomic mass is 10.3. The molecule has 0 radical (unpaired) electrons. The van der Waals surface area contributed by atoms with Crippen LogP contribution in [0.15, 0.2) is 30.3 Å². The Hall–Kier alpha value is -1.79. The largest absolute Gasteiger partial charge is 0.494 e. The van der Waals surface area contributed by atoms with Crippen molar-refractivity contribution in [2.24, 2.45) is 5.73 Å². The van der Waals surface area contributed by atoms with Crippen molar-refractivity contribution in [2.45, 2.75) is 6.42 Å². The summed E-state index contributed by atoms with van der Waals surface area (Å²) in [7, 11) is 1.69. The van der Waals surface area contributed by atoms with E-state index < -0.39 is 0 Å². The molecule has 1 rings (SSSR count). The van der Waals surface area contributed by atoms with Crippen LogP contribution in [0.4, 0.5) is 0 Å². The molecule has 0 aliphatic rings. The minimum absolute atomic E-state index is 0. The molecular formula is C14H22ClN3O3. The summed E-state index contributed by atoms with van der Waals surface area (Å²) in [5.41, 5.74) is 5.13. The van der Waals surface area contributed by atoms with Crippen molar-refractivity contribution in [3.05, 3.63) is 30.3 Å². The zero-order chi connectivity index (χ0) is 14.8. The van der Waals surface area contributed by atoms with E-state index in [4.69, 9.17) is 10.5 Å². The number of nitrogens with zero attached hydrogens (tertiary/aromatic N) is 1. The van der Waals surface area contributed by atoms with Crippen molar-refractivity contribution >= 4 is 24.2 Å². The summed E-state index contributed by atoms with van der Waals surface area (Å²) in [6.07, 6.45) is 0.724. The van der Waals surface area contributed by atoms with Crippen LogP contribution in [0, 0.1) is 0 Å². The van der Waals surface area contributed by atoms with Crippen LogP contribution in [-0.4, -0.2) is 50.0 Å². The number of nitrogens with two attached hydrogens (primary N) is 1. The van der Waals surface area contributed by atoms with E-state index in [1.165, 1.54) is 0 Å². The molecule has 0 aliphatic carbocycles. The molecule has 118 valence electrons. The lowest BCUT2D eigenvalue weighted by Gasteiger charge is -2.17.